The lowest BCUT2D eigenvalue weighted by atomic mass is 9.99. The molecule has 2 atom stereocenters. The Labute approximate surface area is 178 Å². The van der Waals surface area contributed by atoms with Gasteiger partial charge in [-0.2, -0.15) is 0 Å². The van der Waals surface area contributed by atoms with E-state index in [9.17, 15) is 19.1 Å². The van der Waals surface area contributed by atoms with Crippen molar-refractivity contribution >= 4 is 11.8 Å². The average molecular weight is 423 g/mol. The molecule has 1 saturated heterocycles. The molecule has 0 saturated carbocycles. The second-order valence-corrected chi connectivity index (χ2v) is 8.84. The van der Waals surface area contributed by atoms with Gasteiger partial charge in [-0.25, -0.2) is 4.39 Å². The maximum absolute atomic E-state index is 13.9. The van der Waals surface area contributed by atoms with Crippen LogP contribution in [-0.4, -0.2) is 35.7 Å². The zero-order chi connectivity index (χ0) is 22.1. The van der Waals surface area contributed by atoms with E-state index in [2.05, 4.69) is 10.6 Å². The van der Waals surface area contributed by atoms with Gasteiger partial charge in [-0.05, 0) is 57.9 Å². The molecule has 1 aliphatic rings. The SMILES string of the molecule is C[C@@H](NCCCCCCCC1CC(=O)NC1=O)c1ccc(F)c(OCC(C)(C)O)c1. The minimum absolute atomic E-state index is 0.0247. The van der Waals surface area contributed by atoms with E-state index in [4.69, 9.17) is 4.74 Å². The molecule has 0 bridgehead atoms. The van der Waals surface area contributed by atoms with E-state index in [1.165, 1.54) is 6.07 Å². The van der Waals surface area contributed by atoms with Crippen LogP contribution < -0.4 is 15.4 Å². The topological polar surface area (TPSA) is 87.7 Å². The van der Waals surface area contributed by atoms with Crippen molar-refractivity contribution < 1.29 is 23.8 Å². The van der Waals surface area contributed by atoms with Gasteiger partial charge in [0.15, 0.2) is 11.6 Å². The lowest BCUT2D eigenvalue weighted by Crippen LogP contribution is -2.28. The van der Waals surface area contributed by atoms with Gasteiger partial charge in [0.1, 0.15) is 6.61 Å². The number of carbonyl (C=O) groups excluding carboxylic acids is 2. The molecule has 30 heavy (non-hydrogen) atoms. The van der Waals surface area contributed by atoms with Gasteiger partial charge < -0.3 is 15.2 Å². The fourth-order valence-corrected chi connectivity index (χ4v) is 3.48. The van der Waals surface area contributed by atoms with E-state index in [0.29, 0.717) is 6.42 Å². The van der Waals surface area contributed by atoms with Gasteiger partial charge in [-0.15, -0.1) is 0 Å². The maximum atomic E-state index is 13.9. The quantitative estimate of drug-likeness (QED) is 0.334. The number of carbonyl (C=O) groups is 2. The van der Waals surface area contributed by atoms with E-state index in [-0.39, 0.29) is 36.1 Å². The predicted octanol–water partition coefficient (Wildman–Crippen LogP) is 3.63. The molecule has 0 aromatic heterocycles. The zero-order valence-electron chi connectivity index (χ0n) is 18.3. The fraction of sp³-hybridized carbons (Fsp3) is 0.652. The molecular formula is C23H35FN2O4. The van der Waals surface area contributed by atoms with Crippen LogP contribution in [0.4, 0.5) is 4.39 Å². The Kier molecular flexibility index (Phi) is 9.24. The van der Waals surface area contributed by atoms with Crippen molar-refractivity contribution in [2.45, 2.75) is 77.4 Å². The third-order valence-electron chi connectivity index (χ3n) is 5.28. The van der Waals surface area contributed by atoms with Crippen LogP contribution in [0.15, 0.2) is 18.2 Å². The summed E-state index contributed by atoms with van der Waals surface area (Å²) in [7, 11) is 0. The van der Waals surface area contributed by atoms with Crippen LogP contribution in [0.2, 0.25) is 0 Å². The van der Waals surface area contributed by atoms with Gasteiger partial charge in [-0.3, -0.25) is 14.9 Å². The summed E-state index contributed by atoms with van der Waals surface area (Å²) in [5.74, 6) is -0.682. The van der Waals surface area contributed by atoms with Crippen LogP contribution in [0.25, 0.3) is 0 Å². The molecule has 2 rings (SSSR count). The second kappa shape index (κ2) is 11.4. The van der Waals surface area contributed by atoms with Crippen molar-refractivity contribution in [1.82, 2.24) is 10.6 Å². The Hall–Kier alpha value is -1.99. The predicted molar refractivity (Wildman–Crippen MR) is 114 cm³/mol. The summed E-state index contributed by atoms with van der Waals surface area (Å²) in [6.45, 7) is 6.15. The number of amides is 2. The summed E-state index contributed by atoms with van der Waals surface area (Å²) in [5.41, 5.74) is -0.0840. The summed E-state index contributed by atoms with van der Waals surface area (Å²) in [6, 6.07) is 4.88. The molecule has 0 spiro atoms. The molecule has 7 heteroatoms. The molecule has 1 aliphatic heterocycles. The summed E-state index contributed by atoms with van der Waals surface area (Å²) < 4.78 is 19.4. The second-order valence-electron chi connectivity index (χ2n) is 8.84. The largest absolute Gasteiger partial charge is 0.488 e. The number of aliphatic hydroxyl groups is 1. The van der Waals surface area contributed by atoms with Crippen LogP contribution in [0.5, 0.6) is 5.75 Å². The number of ether oxygens (including phenoxy) is 1. The zero-order valence-corrected chi connectivity index (χ0v) is 18.3. The van der Waals surface area contributed by atoms with E-state index < -0.39 is 11.4 Å². The lowest BCUT2D eigenvalue weighted by Gasteiger charge is -2.20. The summed E-state index contributed by atoms with van der Waals surface area (Å²) in [5, 5.41) is 15.6. The van der Waals surface area contributed by atoms with Gasteiger partial charge in [-0.1, -0.05) is 31.7 Å². The number of imide groups is 1. The first-order valence-electron chi connectivity index (χ1n) is 10.9. The Morgan fingerprint density at radius 3 is 2.60 bits per heavy atom. The van der Waals surface area contributed by atoms with Crippen molar-refractivity contribution in [3.05, 3.63) is 29.6 Å². The minimum Gasteiger partial charge on any atom is -0.488 e. The van der Waals surface area contributed by atoms with Crippen LogP contribution >= 0.6 is 0 Å². The van der Waals surface area contributed by atoms with E-state index in [1.807, 2.05) is 6.92 Å². The standard InChI is InChI=1S/C23H35FN2O4/c1-16(17-10-11-19(24)20(13-17)30-15-23(2,3)29)25-12-8-6-4-5-7-9-18-14-21(27)26-22(18)28/h10-11,13,16,18,25,29H,4-9,12,14-15H2,1-3H3,(H,26,27,28)/t16-,18?/m1/s1. The highest BCUT2D eigenvalue weighted by Crippen LogP contribution is 2.24. The number of nitrogens with one attached hydrogen (secondary N) is 2. The van der Waals surface area contributed by atoms with Crippen LogP contribution in [-0.2, 0) is 9.59 Å². The monoisotopic (exact) mass is 422 g/mol. The Morgan fingerprint density at radius 1 is 1.23 bits per heavy atom. The lowest BCUT2D eigenvalue weighted by molar-refractivity contribution is -0.125. The molecule has 6 nitrogen and oxygen atoms in total. The van der Waals surface area contributed by atoms with Crippen LogP contribution in [0, 0.1) is 11.7 Å². The highest BCUT2D eigenvalue weighted by molar-refractivity contribution is 6.03. The Morgan fingerprint density at radius 2 is 1.93 bits per heavy atom. The summed E-state index contributed by atoms with van der Waals surface area (Å²) in [6.07, 6.45) is 6.40. The molecule has 2 amide bonds. The van der Waals surface area contributed by atoms with Crippen molar-refractivity contribution in [1.29, 1.82) is 0 Å². The number of unbranched alkanes of at least 4 members (excludes halogenated alkanes) is 4. The number of rotatable bonds is 13. The molecule has 0 radical (unpaired) electrons. The van der Waals surface area contributed by atoms with Crippen molar-refractivity contribution in [2.75, 3.05) is 13.2 Å². The average Bonchev–Trinajstić information content (AvgIpc) is 2.99. The van der Waals surface area contributed by atoms with E-state index in [0.717, 1.165) is 50.6 Å². The molecule has 1 unspecified atom stereocenters. The van der Waals surface area contributed by atoms with Gasteiger partial charge in [0.25, 0.3) is 0 Å². The highest BCUT2D eigenvalue weighted by atomic mass is 19.1. The first-order valence-corrected chi connectivity index (χ1v) is 10.9. The molecule has 1 heterocycles. The third-order valence-corrected chi connectivity index (χ3v) is 5.28. The molecule has 1 fully saturated rings. The number of halogens is 1. The molecular weight excluding hydrogens is 387 g/mol. The van der Waals surface area contributed by atoms with Gasteiger partial charge in [0, 0.05) is 18.4 Å². The van der Waals surface area contributed by atoms with Crippen molar-refractivity contribution in [2.24, 2.45) is 5.92 Å². The van der Waals surface area contributed by atoms with Gasteiger partial charge in [0.05, 0.1) is 5.60 Å². The fourth-order valence-electron chi connectivity index (χ4n) is 3.48. The summed E-state index contributed by atoms with van der Waals surface area (Å²) >= 11 is 0. The van der Waals surface area contributed by atoms with Crippen molar-refractivity contribution in [3.8, 4) is 5.75 Å². The maximum Gasteiger partial charge on any atom is 0.230 e. The molecule has 3 N–H and O–H groups in total. The van der Waals surface area contributed by atoms with E-state index in [1.54, 1.807) is 26.0 Å². The third kappa shape index (κ3) is 8.40. The first kappa shape index (κ1) is 24.3. The minimum atomic E-state index is -1.02. The molecule has 168 valence electrons. The molecule has 0 aliphatic carbocycles. The van der Waals surface area contributed by atoms with Crippen molar-refractivity contribution in [3.63, 3.8) is 0 Å². The molecule has 1 aromatic carbocycles. The first-order chi connectivity index (χ1) is 14.2. The molecule has 1 aromatic rings. The number of benzene rings is 1. The van der Waals surface area contributed by atoms with E-state index >= 15 is 0 Å². The smallest absolute Gasteiger partial charge is 0.230 e. The number of hydrogen-bond donors (Lipinski definition) is 3. The van der Waals surface area contributed by atoms with Gasteiger partial charge in [0.2, 0.25) is 11.8 Å². The van der Waals surface area contributed by atoms with Crippen LogP contribution in [0.3, 0.4) is 0 Å². The Balaban J connectivity index is 1.61. The van der Waals surface area contributed by atoms with Gasteiger partial charge >= 0.3 is 0 Å². The summed E-state index contributed by atoms with van der Waals surface area (Å²) in [4.78, 5) is 22.7. The van der Waals surface area contributed by atoms with Crippen LogP contribution in [0.1, 0.15) is 77.3 Å². The normalized spacial score (nSPS) is 17.8. The Bertz CT molecular complexity index is 718. The highest BCUT2D eigenvalue weighted by Gasteiger charge is 2.29. The number of hydrogen-bond acceptors (Lipinski definition) is 5.